The van der Waals surface area contributed by atoms with Gasteiger partial charge in [0, 0.05) is 11.3 Å². The van der Waals surface area contributed by atoms with E-state index in [9.17, 15) is 9.90 Å². The first kappa shape index (κ1) is 18.0. The first-order valence-corrected chi connectivity index (χ1v) is 11.2. The van der Waals surface area contributed by atoms with Crippen molar-refractivity contribution in [3.8, 4) is 0 Å². The van der Waals surface area contributed by atoms with E-state index in [-0.39, 0.29) is 16.2 Å². The average molecular weight is 387 g/mol. The van der Waals surface area contributed by atoms with Gasteiger partial charge in [-0.25, -0.2) is 0 Å². The van der Waals surface area contributed by atoms with E-state index in [2.05, 4.69) is 44.2 Å². The molecule has 1 spiro atoms. The smallest absolute Gasteiger partial charge is 0.309 e. The molecule has 2 nitrogen and oxygen atoms in total. The summed E-state index contributed by atoms with van der Waals surface area (Å²) in [6.07, 6.45) is 7.38. The van der Waals surface area contributed by atoms with Crippen LogP contribution in [0.1, 0.15) is 64.4 Å². The Morgan fingerprint density at radius 2 is 1.93 bits per heavy atom. The molecule has 1 aromatic rings. The quantitative estimate of drug-likeness (QED) is 0.619. The number of carbonyl (C=O) groups is 1. The Hall–Kier alpha value is -1.02. The summed E-state index contributed by atoms with van der Waals surface area (Å²) in [5.41, 5.74) is 1.51. The number of benzene rings is 1. The molecule has 146 valence electrons. The molecule has 0 amide bonds. The van der Waals surface area contributed by atoms with Gasteiger partial charge in [0.1, 0.15) is 0 Å². The van der Waals surface area contributed by atoms with E-state index in [4.69, 9.17) is 11.6 Å². The number of carboxylic acid groups (broad SMARTS) is 1. The van der Waals surface area contributed by atoms with Crippen LogP contribution in [0, 0.1) is 34.0 Å². The maximum atomic E-state index is 12.5. The van der Waals surface area contributed by atoms with E-state index in [1.165, 1.54) is 24.8 Å². The van der Waals surface area contributed by atoms with Crippen LogP contribution in [-0.4, -0.2) is 17.0 Å². The van der Waals surface area contributed by atoms with Gasteiger partial charge >= 0.3 is 5.97 Å². The van der Waals surface area contributed by atoms with Gasteiger partial charge in [-0.15, -0.1) is 11.6 Å². The Morgan fingerprint density at radius 1 is 1.19 bits per heavy atom. The monoisotopic (exact) mass is 386 g/mol. The fraction of sp³-hybridized carbons (Fsp3) is 0.708. The number of rotatable bonds is 6. The molecule has 6 atom stereocenters. The zero-order valence-electron chi connectivity index (χ0n) is 16.5. The normalized spacial score (nSPS) is 44.2. The molecule has 3 bridgehead atoms. The molecule has 4 aliphatic carbocycles. The molecule has 27 heavy (non-hydrogen) atoms. The van der Waals surface area contributed by atoms with Crippen LogP contribution in [0.15, 0.2) is 30.3 Å². The van der Waals surface area contributed by atoms with Crippen molar-refractivity contribution in [2.75, 3.05) is 5.88 Å². The first-order chi connectivity index (χ1) is 12.8. The standard InChI is InChI=1S/C24H31ClO2/c1-21(2,8-9-25)12-18-16-10-22(20(26)27)14-23(17-6-4-3-5-7-17)13-19(18)24(23,11-16)15-22/h3-7,16,18-19H,8-15H2,1-2H3,(H,26,27). The molecule has 0 saturated heterocycles. The second-order valence-corrected chi connectivity index (χ2v) is 11.4. The molecule has 5 rings (SSSR count). The van der Waals surface area contributed by atoms with Crippen LogP contribution < -0.4 is 0 Å². The van der Waals surface area contributed by atoms with Gasteiger partial charge in [0.2, 0.25) is 0 Å². The third-order valence-electron chi connectivity index (χ3n) is 9.27. The van der Waals surface area contributed by atoms with Crippen LogP contribution in [0.4, 0.5) is 0 Å². The minimum Gasteiger partial charge on any atom is -0.481 e. The predicted octanol–water partition coefficient (Wildman–Crippen LogP) is 5.88. The van der Waals surface area contributed by atoms with Gasteiger partial charge in [-0.1, -0.05) is 44.2 Å². The topological polar surface area (TPSA) is 37.3 Å². The van der Waals surface area contributed by atoms with E-state index < -0.39 is 11.4 Å². The van der Waals surface area contributed by atoms with Crippen molar-refractivity contribution < 1.29 is 9.90 Å². The minimum absolute atomic E-state index is 0.109. The van der Waals surface area contributed by atoms with Crippen molar-refractivity contribution in [1.82, 2.24) is 0 Å². The molecule has 4 saturated carbocycles. The van der Waals surface area contributed by atoms with Gasteiger partial charge in [-0.2, -0.15) is 0 Å². The van der Waals surface area contributed by atoms with E-state index in [0.29, 0.717) is 23.6 Å². The number of alkyl halides is 1. The lowest BCUT2D eigenvalue weighted by Gasteiger charge is -2.61. The molecule has 6 unspecified atom stereocenters. The van der Waals surface area contributed by atoms with E-state index in [1.54, 1.807) is 0 Å². The predicted molar refractivity (Wildman–Crippen MR) is 108 cm³/mol. The van der Waals surface area contributed by atoms with Crippen molar-refractivity contribution in [2.45, 2.75) is 64.2 Å². The molecule has 3 heteroatoms. The van der Waals surface area contributed by atoms with Crippen LogP contribution >= 0.6 is 11.6 Å². The summed E-state index contributed by atoms with van der Waals surface area (Å²) in [4.78, 5) is 12.5. The van der Waals surface area contributed by atoms with E-state index in [0.717, 1.165) is 25.7 Å². The number of hydrogen-bond acceptors (Lipinski definition) is 1. The van der Waals surface area contributed by atoms with Gasteiger partial charge < -0.3 is 5.11 Å². The second-order valence-electron chi connectivity index (χ2n) is 11.0. The van der Waals surface area contributed by atoms with Crippen LogP contribution in [0.5, 0.6) is 0 Å². The van der Waals surface area contributed by atoms with Crippen LogP contribution in [-0.2, 0) is 10.2 Å². The molecule has 1 N–H and O–H groups in total. The minimum atomic E-state index is -0.532. The zero-order chi connectivity index (χ0) is 19.1. The second kappa shape index (κ2) is 5.53. The van der Waals surface area contributed by atoms with Crippen molar-refractivity contribution in [3.63, 3.8) is 0 Å². The maximum absolute atomic E-state index is 12.5. The number of carboxylic acids is 1. The Balaban J connectivity index is 1.56. The summed E-state index contributed by atoms with van der Waals surface area (Å²) in [5, 5.41) is 10.3. The van der Waals surface area contributed by atoms with Crippen LogP contribution in [0.25, 0.3) is 0 Å². The zero-order valence-corrected chi connectivity index (χ0v) is 17.3. The lowest BCUT2D eigenvalue weighted by Crippen LogP contribution is -2.56. The highest BCUT2D eigenvalue weighted by molar-refractivity contribution is 6.17. The van der Waals surface area contributed by atoms with Crippen molar-refractivity contribution >= 4 is 17.6 Å². The Kier molecular flexibility index (Phi) is 3.69. The molecule has 4 aliphatic rings. The Bertz CT molecular complexity index is 774. The molecule has 0 aliphatic heterocycles. The fourth-order valence-electron chi connectivity index (χ4n) is 8.40. The highest BCUT2D eigenvalue weighted by Gasteiger charge is 2.81. The average Bonchev–Trinajstić information content (AvgIpc) is 2.89. The van der Waals surface area contributed by atoms with Gasteiger partial charge in [-0.3, -0.25) is 4.79 Å². The number of halogens is 1. The molecule has 0 aromatic heterocycles. The highest BCUT2D eigenvalue weighted by atomic mass is 35.5. The summed E-state index contributed by atoms with van der Waals surface area (Å²) in [7, 11) is 0. The Labute approximate surface area is 167 Å². The maximum Gasteiger partial charge on any atom is 0.309 e. The van der Waals surface area contributed by atoms with Gasteiger partial charge in [0.05, 0.1) is 5.41 Å². The van der Waals surface area contributed by atoms with E-state index in [1.807, 2.05) is 0 Å². The molecule has 0 heterocycles. The fourth-order valence-corrected chi connectivity index (χ4v) is 8.91. The Morgan fingerprint density at radius 3 is 2.59 bits per heavy atom. The highest BCUT2D eigenvalue weighted by Crippen LogP contribution is 2.85. The van der Waals surface area contributed by atoms with Crippen molar-refractivity contribution in [1.29, 1.82) is 0 Å². The number of hydrogen-bond donors (Lipinski definition) is 1. The van der Waals surface area contributed by atoms with Crippen LogP contribution in [0.3, 0.4) is 0 Å². The molecular weight excluding hydrogens is 356 g/mol. The summed E-state index contributed by atoms with van der Waals surface area (Å²) in [5.74, 6) is 2.16. The summed E-state index contributed by atoms with van der Waals surface area (Å²) in [6, 6.07) is 10.9. The third kappa shape index (κ3) is 2.17. The number of aliphatic carboxylic acids is 1. The molecule has 1 aromatic carbocycles. The molecule has 0 radical (unpaired) electrons. The van der Waals surface area contributed by atoms with Crippen molar-refractivity contribution in [3.05, 3.63) is 35.9 Å². The van der Waals surface area contributed by atoms with Crippen molar-refractivity contribution in [2.24, 2.45) is 34.0 Å². The van der Waals surface area contributed by atoms with Gasteiger partial charge in [0.25, 0.3) is 0 Å². The van der Waals surface area contributed by atoms with E-state index >= 15 is 0 Å². The molecular formula is C24H31ClO2. The lowest BCUT2D eigenvalue weighted by molar-refractivity contribution is -0.151. The SMILES string of the molecule is CC(C)(CCCl)CC1C2CC3(C(=O)O)CC4(c5ccccc5)CC1C4(C2)C3. The summed E-state index contributed by atoms with van der Waals surface area (Å²) >= 11 is 6.08. The lowest BCUT2D eigenvalue weighted by atomic mass is 9.43. The first-order valence-electron chi connectivity index (χ1n) is 10.6. The molecule has 4 fully saturated rings. The van der Waals surface area contributed by atoms with Gasteiger partial charge in [0.15, 0.2) is 0 Å². The number of fused-ring (bicyclic) bond motifs is 2. The summed E-state index contributed by atoms with van der Waals surface area (Å²) < 4.78 is 0. The van der Waals surface area contributed by atoms with Gasteiger partial charge in [-0.05, 0) is 79.1 Å². The van der Waals surface area contributed by atoms with Crippen LogP contribution in [0.2, 0.25) is 0 Å². The largest absolute Gasteiger partial charge is 0.481 e. The summed E-state index contributed by atoms with van der Waals surface area (Å²) in [6.45, 7) is 4.70. The third-order valence-corrected chi connectivity index (χ3v) is 9.46.